The predicted molar refractivity (Wildman–Crippen MR) is 141 cm³/mol. The lowest BCUT2D eigenvalue weighted by molar-refractivity contribution is -0.288. The molecule has 0 N–H and O–H groups in total. The fourth-order valence-corrected chi connectivity index (χ4v) is 4.90. The topological polar surface area (TPSA) is 84.5 Å². The highest BCUT2D eigenvalue weighted by Crippen LogP contribution is 2.57. The summed E-state index contributed by atoms with van der Waals surface area (Å²) in [5.41, 5.74) is -12.5. The van der Waals surface area contributed by atoms with Crippen molar-refractivity contribution in [2.45, 2.75) is 30.6 Å². The van der Waals surface area contributed by atoms with Crippen molar-refractivity contribution in [2.75, 3.05) is 0 Å². The lowest BCUT2D eigenvalue weighted by Gasteiger charge is -2.38. The van der Waals surface area contributed by atoms with E-state index in [1.165, 1.54) is 0 Å². The van der Waals surface area contributed by atoms with Crippen LogP contribution in [0.15, 0.2) is 48.5 Å². The number of benzene rings is 4. The molecule has 0 fully saturated rings. The van der Waals surface area contributed by atoms with Crippen LogP contribution in [0.3, 0.4) is 0 Å². The molecular weight excluding hydrogens is 768 g/mol. The fourth-order valence-electron chi connectivity index (χ4n) is 4.90. The van der Waals surface area contributed by atoms with Crippen molar-refractivity contribution in [1.29, 1.82) is 10.5 Å². The van der Waals surface area contributed by atoms with Gasteiger partial charge in [-0.1, -0.05) is 24.3 Å². The van der Waals surface area contributed by atoms with E-state index in [2.05, 4.69) is 18.9 Å². The van der Waals surface area contributed by atoms with Crippen molar-refractivity contribution in [3.8, 4) is 47.0 Å². The average molecular weight is 778 g/mol. The largest absolute Gasteiger partial charge is 0.454 e. The molecule has 0 saturated heterocycles. The summed E-state index contributed by atoms with van der Waals surface area (Å²) in [6.45, 7) is 0. The average Bonchev–Trinajstić information content (AvgIpc) is 3.06. The van der Waals surface area contributed by atoms with E-state index in [4.69, 9.17) is 10.5 Å². The minimum absolute atomic E-state index is 0.0568. The van der Waals surface area contributed by atoms with E-state index < -0.39 is 122 Å². The molecule has 0 bridgehead atoms. The monoisotopic (exact) mass is 778 g/mol. The predicted octanol–water partition coefficient (Wildman–Crippen LogP) is 11.1. The Morgan fingerprint density at radius 3 is 0.981 bits per heavy atom. The molecule has 6 nitrogen and oxygen atoms in total. The summed E-state index contributed by atoms with van der Waals surface area (Å²) < 4.78 is 246. The molecule has 4 rings (SSSR count). The van der Waals surface area contributed by atoms with Gasteiger partial charge in [-0.15, -0.1) is 10.5 Å². The zero-order chi connectivity index (χ0) is 39.8. The van der Waals surface area contributed by atoms with Crippen molar-refractivity contribution >= 4 is 0 Å². The van der Waals surface area contributed by atoms with Crippen LogP contribution in [0.25, 0.3) is 0 Å². The van der Waals surface area contributed by atoms with Crippen LogP contribution in [0.5, 0.6) is 34.5 Å². The molecular formula is C31H10F16N2O4. The summed E-state index contributed by atoms with van der Waals surface area (Å²) in [5, 5.41) is 16.9. The Morgan fingerprint density at radius 1 is 0.453 bits per heavy atom. The number of halogens is 16. The molecule has 4 aromatic rings. The van der Waals surface area contributed by atoms with E-state index in [-0.39, 0.29) is 48.5 Å². The van der Waals surface area contributed by atoms with Gasteiger partial charge in [0.25, 0.3) is 25.4 Å². The Balaban J connectivity index is 1.82. The summed E-state index contributed by atoms with van der Waals surface area (Å²) in [7, 11) is 0. The normalized spacial score (nSPS) is 12.1. The standard InChI is InChI=1S/C31H10F16N2O4/c32-17-15(27(38)39)23(19(34)21(36)25(17)50-9-48)52-13-5-1-11(2-6-13)29(30(42,43)44,31(45,46)47)12-3-7-14(8-4-12)53-24-16(28(40)41)18(33)26(51-10-49)22(37)20(24)35/h1-8,27-28H. The number of hydrogen-bond donors (Lipinski definition) is 0. The van der Waals surface area contributed by atoms with Gasteiger partial charge in [0.05, 0.1) is 0 Å². The van der Waals surface area contributed by atoms with Gasteiger partial charge in [0.2, 0.25) is 40.2 Å². The number of nitrogens with zero attached hydrogens (tertiary/aromatic N) is 2. The van der Waals surface area contributed by atoms with Gasteiger partial charge in [-0.05, 0) is 35.4 Å². The van der Waals surface area contributed by atoms with Gasteiger partial charge in [-0.2, -0.15) is 43.9 Å². The Hall–Kier alpha value is -6.06. The third-order valence-corrected chi connectivity index (χ3v) is 7.14. The molecule has 0 atom stereocenters. The molecule has 0 amide bonds. The van der Waals surface area contributed by atoms with E-state index in [1.807, 2.05) is 0 Å². The van der Waals surface area contributed by atoms with E-state index in [0.717, 1.165) is 0 Å². The molecule has 0 unspecified atom stereocenters. The smallest absolute Gasteiger partial charge is 0.411 e. The fraction of sp³-hybridized carbons (Fsp3) is 0.161. The second-order valence-corrected chi connectivity index (χ2v) is 10.0. The van der Waals surface area contributed by atoms with E-state index in [0.29, 0.717) is 12.5 Å². The van der Waals surface area contributed by atoms with Gasteiger partial charge in [-0.25, -0.2) is 26.3 Å². The summed E-state index contributed by atoms with van der Waals surface area (Å²) >= 11 is 0. The zero-order valence-electron chi connectivity index (χ0n) is 24.8. The van der Waals surface area contributed by atoms with Gasteiger partial charge >= 0.3 is 12.4 Å². The first-order chi connectivity index (χ1) is 24.6. The van der Waals surface area contributed by atoms with E-state index in [1.54, 1.807) is 0 Å². The molecule has 0 spiro atoms. The van der Waals surface area contributed by atoms with Crippen LogP contribution in [-0.4, -0.2) is 12.4 Å². The maximum absolute atomic E-state index is 14.6. The van der Waals surface area contributed by atoms with Gasteiger partial charge in [-0.3, -0.25) is 0 Å². The molecule has 53 heavy (non-hydrogen) atoms. The molecule has 0 aliphatic rings. The van der Waals surface area contributed by atoms with Crippen molar-refractivity contribution < 1.29 is 89.2 Å². The summed E-state index contributed by atoms with van der Waals surface area (Å²) in [6.07, 6.45) is -19.3. The first-order valence-electron chi connectivity index (χ1n) is 13.4. The Labute approximate surface area is 283 Å². The van der Waals surface area contributed by atoms with Crippen molar-refractivity contribution in [3.05, 3.63) is 106 Å². The highest BCUT2D eigenvalue weighted by molar-refractivity contribution is 5.52. The van der Waals surface area contributed by atoms with Crippen molar-refractivity contribution in [1.82, 2.24) is 0 Å². The number of rotatable bonds is 10. The first-order valence-corrected chi connectivity index (χ1v) is 13.4. The SMILES string of the molecule is N#COc1c(F)c(F)c(Oc2ccc(C(c3ccc(Oc4c(F)c(F)c(OC#N)c(F)c4C(F)F)cc3)(C(F)(F)F)C(F)(F)F)cc2)c(C(F)F)c1F. The number of ether oxygens (including phenoxy) is 4. The molecule has 0 saturated carbocycles. The Kier molecular flexibility index (Phi) is 10.9. The van der Waals surface area contributed by atoms with Gasteiger partial charge in [0, 0.05) is 0 Å². The molecule has 22 heteroatoms. The minimum atomic E-state index is -6.33. The van der Waals surface area contributed by atoms with Crippen molar-refractivity contribution in [3.63, 3.8) is 0 Å². The summed E-state index contributed by atoms with van der Waals surface area (Å²) in [4.78, 5) is 0. The Morgan fingerprint density at radius 2 is 0.736 bits per heavy atom. The van der Waals surface area contributed by atoms with Crippen LogP contribution in [0, 0.1) is 57.9 Å². The molecule has 0 aromatic heterocycles. The third-order valence-electron chi connectivity index (χ3n) is 7.14. The molecule has 0 radical (unpaired) electrons. The molecule has 4 aromatic carbocycles. The van der Waals surface area contributed by atoms with Crippen molar-refractivity contribution in [2.24, 2.45) is 0 Å². The zero-order valence-corrected chi connectivity index (χ0v) is 24.8. The minimum Gasteiger partial charge on any atom is -0.454 e. The highest BCUT2D eigenvalue weighted by Gasteiger charge is 2.72. The lowest BCUT2D eigenvalue weighted by Crippen LogP contribution is -2.54. The second kappa shape index (κ2) is 14.5. The van der Waals surface area contributed by atoms with Gasteiger partial charge in [0.1, 0.15) is 22.6 Å². The van der Waals surface area contributed by atoms with Crippen LogP contribution in [0.4, 0.5) is 70.2 Å². The maximum Gasteiger partial charge on any atom is 0.411 e. The molecule has 0 heterocycles. The summed E-state index contributed by atoms with van der Waals surface area (Å²) in [5.74, 6) is -23.9. The van der Waals surface area contributed by atoms with Gasteiger partial charge in [0.15, 0.2) is 23.1 Å². The summed E-state index contributed by atoms with van der Waals surface area (Å²) in [6, 6.07) is 1.17. The highest BCUT2D eigenvalue weighted by atomic mass is 19.4. The third kappa shape index (κ3) is 6.83. The maximum atomic E-state index is 14.6. The van der Waals surface area contributed by atoms with Crippen LogP contribution in [-0.2, 0) is 5.41 Å². The quantitative estimate of drug-likeness (QED) is 0.0906. The number of nitriles is 2. The van der Waals surface area contributed by atoms with Crippen LogP contribution in [0.2, 0.25) is 0 Å². The molecule has 0 aliphatic heterocycles. The number of hydrogen-bond acceptors (Lipinski definition) is 6. The lowest BCUT2D eigenvalue weighted by atomic mass is 9.73. The van der Waals surface area contributed by atoms with Crippen LogP contribution < -0.4 is 18.9 Å². The van der Waals surface area contributed by atoms with E-state index in [9.17, 15) is 70.2 Å². The Bertz CT molecular complexity index is 1950. The van der Waals surface area contributed by atoms with Crippen LogP contribution >= 0.6 is 0 Å². The van der Waals surface area contributed by atoms with Crippen LogP contribution in [0.1, 0.15) is 35.1 Å². The molecule has 280 valence electrons. The second-order valence-electron chi connectivity index (χ2n) is 10.0. The molecule has 0 aliphatic carbocycles. The number of alkyl halides is 10. The van der Waals surface area contributed by atoms with E-state index >= 15 is 0 Å². The first kappa shape index (κ1) is 39.7. The van der Waals surface area contributed by atoms with Gasteiger partial charge < -0.3 is 18.9 Å².